The van der Waals surface area contributed by atoms with Gasteiger partial charge in [0.25, 0.3) is 0 Å². The average molecular weight is 274 g/mol. The summed E-state index contributed by atoms with van der Waals surface area (Å²) in [5.41, 5.74) is 6.10. The minimum absolute atomic E-state index is 0.128. The van der Waals surface area contributed by atoms with E-state index >= 15 is 0 Å². The number of phenols is 1. The Hall–Kier alpha value is -1.07. The van der Waals surface area contributed by atoms with E-state index in [4.69, 9.17) is 10.8 Å². The number of carbonyl (C=O) groups is 1. The van der Waals surface area contributed by atoms with E-state index in [0.29, 0.717) is 16.5 Å². The molecule has 1 aromatic carbocycles. The molecule has 0 radical (unpaired) electrons. The summed E-state index contributed by atoms with van der Waals surface area (Å²) in [6.07, 6.45) is 0.620. The highest BCUT2D eigenvalue weighted by Crippen LogP contribution is 2.34. The number of carboxylic acids is 1. The van der Waals surface area contributed by atoms with Gasteiger partial charge in [-0.15, -0.1) is 0 Å². The molecule has 0 amide bonds. The van der Waals surface area contributed by atoms with Crippen molar-refractivity contribution < 1.29 is 15.0 Å². The van der Waals surface area contributed by atoms with Gasteiger partial charge >= 0.3 is 5.97 Å². The van der Waals surface area contributed by atoms with Gasteiger partial charge in [-0.1, -0.05) is 22.9 Å². The predicted octanol–water partition coefficient (Wildman–Crippen LogP) is 2.26. The van der Waals surface area contributed by atoms with Gasteiger partial charge in [-0.05, 0) is 18.6 Å². The summed E-state index contributed by atoms with van der Waals surface area (Å²) in [5.74, 6) is -1.42. The lowest BCUT2D eigenvalue weighted by atomic mass is 10.0. The molecule has 0 saturated heterocycles. The van der Waals surface area contributed by atoms with Crippen LogP contribution in [0.1, 0.15) is 35.3 Å². The van der Waals surface area contributed by atoms with Crippen molar-refractivity contribution in [3.8, 4) is 5.75 Å². The molecule has 4 N–H and O–H groups in total. The molecule has 0 saturated carbocycles. The molecule has 0 aliphatic carbocycles. The normalized spacial score (nSPS) is 12.5. The first-order valence-corrected chi connectivity index (χ1v) is 5.28. The van der Waals surface area contributed by atoms with Crippen LogP contribution in [0.2, 0.25) is 0 Å². The summed E-state index contributed by atoms with van der Waals surface area (Å²) in [6.45, 7) is 1.87. The topological polar surface area (TPSA) is 83.6 Å². The summed E-state index contributed by atoms with van der Waals surface area (Å²) in [6, 6.07) is 2.54. The number of aromatic hydroxyl groups is 1. The van der Waals surface area contributed by atoms with Gasteiger partial charge < -0.3 is 15.9 Å². The third kappa shape index (κ3) is 2.30. The molecule has 0 unspecified atom stereocenters. The third-order valence-electron chi connectivity index (χ3n) is 2.20. The largest absolute Gasteiger partial charge is 0.507 e. The lowest BCUT2D eigenvalue weighted by Gasteiger charge is -2.14. The fourth-order valence-corrected chi connectivity index (χ4v) is 1.93. The minimum Gasteiger partial charge on any atom is -0.507 e. The van der Waals surface area contributed by atoms with E-state index in [1.807, 2.05) is 6.92 Å². The maximum absolute atomic E-state index is 10.8. The van der Waals surface area contributed by atoms with E-state index in [-0.39, 0.29) is 17.4 Å². The first-order chi connectivity index (χ1) is 6.99. The zero-order valence-corrected chi connectivity index (χ0v) is 9.78. The molecular formula is C10H12BrNO3. The van der Waals surface area contributed by atoms with Gasteiger partial charge in [0.2, 0.25) is 0 Å². The molecule has 1 rings (SSSR count). The van der Waals surface area contributed by atoms with E-state index in [1.165, 1.54) is 6.07 Å². The van der Waals surface area contributed by atoms with Crippen molar-refractivity contribution in [1.29, 1.82) is 0 Å². The van der Waals surface area contributed by atoms with Crippen molar-refractivity contribution in [2.45, 2.75) is 19.4 Å². The minimum atomic E-state index is -1.16. The number of aromatic carboxylic acids is 1. The molecule has 4 nitrogen and oxygen atoms in total. The molecule has 0 fully saturated rings. The Bertz CT molecular complexity index is 392. The number of halogens is 1. The fraction of sp³-hybridized carbons (Fsp3) is 0.300. The van der Waals surface area contributed by atoms with Crippen LogP contribution in [0.3, 0.4) is 0 Å². The number of benzene rings is 1. The molecule has 82 valence electrons. The summed E-state index contributed by atoms with van der Waals surface area (Å²) >= 11 is 3.24. The Labute approximate surface area is 95.8 Å². The van der Waals surface area contributed by atoms with Crippen molar-refractivity contribution in [1.82, 2.24) is 0 Å². The maximum Gasteiger partial charge on any atom is 0.339 e. The lowest BCUT2D eigenvalue weighted by molar-refractivity contribution is 0.0693. The molecule has 5 heteroatoms. The molecule has 0 bridgehead atoms. The zero-order chi connectivity index (χ0) is 11.6. The number of carboxylic acid groups (broad SMARTS) is 1. The Morgan fingerprint density at radius 2 is 2.20 bits per heavy atom. The van der Waals surface area contributed by atoms with Gasteiger partial charge in [-0.25, -0.2) is 4.79 Å². The van der Waals surface area contributed by atoms with Crippen LogP contribution in [0, 0.1) is 0 Å². The van der Waals surface area contributed by atoms with E-state index in [9.17, 15) is 9.90 Å². The maximum atomic E-state index is 10.8. The van der Waals surface area contributed by atoms with Gasteiger partial charge in [-0.3, -0.25) is 0 Å². The van der Waals surface area contributed by atoms with Crippen molar-refractivity contribution in [3.05, 3.63) is 27.7 Å². The van der Waals surface area contributed by atoms with Crippen molar-refractivity contribution in [2.75, 3.05) is 0 Å². The Kier molecular flexibility index (Phi) is 3.71. The molecule has 0 aliphatic rings. The van der Waals surface area contributed by atoms with Crippen molar-refractivity contribution in [2.24, 2.45) is 5.73 Å². The van der Waals surface area contributed by atoms with Crippen LogP contribution in [-0.2, 0) is 0 Å². The molecule has 0 spiro atoms. The SMILES string of the molecule is CC[C@@H](N)c1c(Br)ccc(C(=O)O)c1O. The molecule has 15 heavy (non-hydrogen) atoms. The summed E-state index contributed by atoms with van der Waals surface area (Å²) < 4.78 is 0.624. The second kappa shape index (κ2) is 4.63. The van der Waals surface area contributed by atoms with E-state index in [0.717, 1.165) is 0 Å². The Balaban J connectivity index is 3.36. The molecule has 1 aromatic rings. The first kappa shape index (κ1) is 12.0. The summed E-state index contributed by atoms with van der Waals surface area (Å²) in [7, 11) is 0. The highest BCUT2D eigenvalue weighted by Gasteiger charge is 2.19. The quantitative estimate of drug-likeness (QED) is 0.789. The van der Waals surface area contributed by atoms with Crippen LogP contribution in [0.4, 0.5) is 0 Å². The van der Waals surface area contributed by atoms with Crippen molar-refractivity contribution in [3.63, 3.8) is 0 Å². The first-order valence-electron chi connectivity index (χ1n) is 4.49. The second-order valence-corrected chi connectivity index (χ2v) is 4.03. The van der Waals surface area contributed by atoms with Crippen LogP contribution >= 0.6 is 15.9 Å². The smallest absolute Gasteiger partial charge is 0.339 e. The van der Waals surface area contributed by atoms with E-state index < -0.39 is 5.97 Å². The highest BCUT2D eigenvalue weighted by atomic mass is 79.9. The number of hydrogen-bond donors (Lipinski definition) is 3. The number of nitrogens with two attached hydrogens (primary N) is 1. The van der Waals surface area contributed by atoms with Crippen LogP contribution in [0.15, 0.2) is 16.6 Å². The van der Waals surface area contributed by atoms with Crippen molar-refractivity contribution >= 4 is 21.9 Å². The summed E-state index contributed by atoms with van der Waals surface area (Å²) in [4.78, 5) is 10.8. The fourth-order valence-electron chi connectivity index (χ4n) is 1.31. The zero-order valence-electron chi connectivity index (χ0n) is 8.20. The van der Waals surface area contributed by atoms with Crippen LogP contribution in [-0.4, -0.2) is 16.2 Å². The van der Waals surface area contributed by atoms with Crippen LogP contribution in [0.5, 0.6) is 5.75 Å². The average Bonchev–Trinajstić information content (AvgIpc) is 2.16. The lowest BCUT2D eigenvalue weighted by Crippen LogP contribution is -2.11. The number of rotatable bonds is 3. The van der Waals surface area contributed by atoms with Gasteiger partial charge in [0.1, 0.15) is 11.3 Å². The van der Waals surface area contributed by atoms with E-state index in [2.05, 4.69) is 15.9 Å². The summed E-state index contributed by atoms with van der Waals surface area (Å²) in [5, 5.41) is 18.6. The molecule has 0 heterocycles. The predicted molar refractivity (Wildman–Crippen MR) is 60.0 cm³/mol. The highest BCUT2D eigenvalue weighted by molar-refractivity contribution is 9.10. The Morgan fingerprint density at radius 1 is 1.60 bits per heavy atom. The van der Waals surface area contributed by atoms with Gasteiger partial charge in [0.05, 0.1) is 0 Å². The Morgan fingerprint density at radius 3 is 2.67 bits per heavy atom. The van der Waals surface area contributed by atoms with Crippen LogP contribution in [0.25, 0.3) is 0 Å². The standard InChI is InChI=1S/C10H12BrNO3/c1-2-7(12)8-6(11)4-3-5(9(8)13)10(14)15/h3-4,7,13H,2,12H2,1H3,(H,14,15)/t7-/m1/s1. The van der Waals surface area contributed by atoms with Crippen LogP contribution < -0.4 is 5.73 Å². The van der Waals surface area contributed by atoms with Gasteiger partial charge in [-0.2, -0.15) is 0 Å². The monoisotopic (exact) mass is 273 g/mol. The van der Waals surface area contributed by atoms with Gasteiger partial charge in [0.15, 0.2) is 0 Å². The molecule has 0 aromatic heterocycles. The molecule has 1 atom stereocenters. The van der Waals surface area contributed by atoms with E-state index in [1.54, 1.807) is 6.07 Å². The molecule has 0 aliphatic heterocycles. The van der Waals surface area contributed by atoms with Gasteiger partial charge in [0, 0.05) is 16.1 Å². The second-order valence-electron chi connectivity index (χ2n) is 3.18. The molecular weight excluding hydrogens is 262 g/mol. The number of hydrogen-bond acceptors (Lipinski definition) is 3. The third-order valence-corrected chi connectivity index (χ3v) is 2.90.